The average molecular weight is 348 g/mol. The Kier molecular flexibility index (Phi) is 3.96. The lowest BCUT2D eigenvalue weighted by Gasteiger charge is -2.28. The van der Waals surface area contributed by atoms with E-state index in [0.29, 0.717) is 0 Å². The maximum Gasteiger partial charge on any atom is 0.0590 e. The minimum atomic E-state index is 0.192. The van der Waals surface area contributed by atoms with Gasteiger partial charge < -0.3 is 5.32 Å². The van der Waals surface area contributed by atoms with Gasteiger partial charge in [0.1, 0.15) is 0 Å². The van der Waals surface area contributed by atoms with Gasteiger partial charge in [-0.25, -0.2) is 0 Å². The summed E-state index contributed by atoms with van der Waals surface area (Å²) in [6.07, 6.45) is 6.84. The molecule has 0 saturated heterocycles. The van der Waals surface area contributed by atoms with Gasteiger partial charge in [0.15, 0.2) is 0 Å². The molecule has 128 valence electrons. The van der Waals surface area contributed by atoms with Gasteiger partial charge in [0.2, 0.25) is 0 Å². The van der Waals surface area contributed by atoms with E-state index in [2.05, 4.69) is 81.6 Å². The van der Waals surface area contributed by atoms with Crippen LogP contribution < -0.4 is 5.32 Å². The number of anilines is 1. The van der Waals surface area contributed by atoms with Gasteiger partial charge in [0, 0.05) is 21.2 Å². The Bertz CT molecular complexity index is 1010. The van der Waals surface area contributed by atoms with Crippen LogP contribution in [-0.2, 0) is 0 Å². The number of benzene rings is 2. The number of hydrogen-bond acceptors (Lipinski definition) is 2. The van der Waals surface area contributed by atoms with Crippen LogP contribution in [-0.4, -0.2) is 0 Å². The Morgan fingerprint density at radius 3 is 2.44 bits per heavy atom. The molecule has 0 spiro atoms. The van der Waals surface area contributed by atoms with Crippen molar-refractivity contribution >= 4 is 37.2 Å². The molecule has 1 heterocycles. The first-order chi connectivity index (χ1) is 11.9. The van der Waals surface area contributed by atoms with Crippen LogP contribution in [0.3, 0.4) is 0 Å². The third-order valence-corrected chi connectivity index (χ3v) is 6.46. The Hall–Kier alpha value is -2.06. The Labute approximate surface area is 154 Å². The highest BCUT2D eigenvalue weighted by Crippen LogP contribution is 2.41. The van der Waals surface area contributed by atoms with E-state index < -0.39 is 0 Å². The molecule has 0 aliphatic heterocycles. The van der Waals surface area contributed by atoms with E-state index in [4.69, 9.17) is 0 Å². The number of aryl methyl sites for hydroxylation is 1. The maximum absolute atomic E-state index is 3.76. The number of thiophene rings is 1. The lowest BCUT2D eigenvalue weighted by atomic mass is 9.80. The van der Waals surface area contributed by atoms with Crippen LogP contribution >= 0.6 is 11.3 Å². The second-order valence-electron chi connectivity index (χ2n) is 7.94. The van der Waals surface area contributed by atoms with E-state index in [1.807, 2.05) is 11.3 Å². The summed E-state index contributed by atoms with van der Waals surface area (Å²) in [5.74, 6) is 0. The van der Waals surface area contributed by atoms with Crippen molar-refractivity contribution < 1.29 is 0 Å². The van der Waals surface area contributed by atoms with Gasteiger partial charge in [-0.3, -0.25) is 0 Å². The third kappa shape index (κ3) is 2.89. The molecule has 0 saturated carbocycles. The van der Waals surface area contributed by atoms with Crippen LogP contribution in [0.15, 0.2) is 59.8 Å². The summed E-state index contributed by atoms with van der Waals surface area (Å²) in [6, 6.07) is 13.2. The molecule has 1 aliphatic carbocycles. The van der Waals surface area contributed by atoms with E-state index >= 15 is 0 Å². The van der Waals surface area contributed by atoms with E-state index in [0.717, 1.165) is 12.8 Å². The van der Waals surface area contributed by atoms with Gasteiger partial charge in [-0.2, -0.15) is 0 Å². The van der Waals surface area contributed by atoms with E-state index in [-0.39, 0.29) is 5.41 Å². The van der Waals surface area contributed by atoms with E-state index in [1.165, 1.54) is 42.7 Å². The van der Waals surface area contributed by atoms with Crippen molar-refractivity contribution in [3.8, 4) is 0 Å². The van der Waals surface area contributed by atoms with Gasteiger partial charge in [0.05, 0.1) is 10.4 Å². The number of nitrogens with one attached hydrogen (secondary N) is 1. The average Bonchev–Trinajstić information content (AvgIpc) is 2.96. The molecule has 2 aromatic carbocycles. The Morgan fingerprint density at radius 2 is 1.68 bits per heavy atom. The highest BCUT2D eigenvalue weighted by atomic mass is 32.1. The van der Waals surface area contributed by atoms with Crippen LogP contribution in [0.5, 0.6) is 0 Å². The van der Waals surface area contributed by atoms with Gasteiger partial charge in [0.25, 0.3) is 0 Å². The molecule has 1 nitrogen and oxygen atoms in total. The number of fused-ring (bicyclic) bond motifs is 3. The lowest BCUT2D eigenvalue weighted by Crippen LogP contribution is -2.16. The first-order valence-electron chi connectivity index (χ1n) is 9.03. The molecule has 1 aliphatic rings. The molecule has 4 rings (SSSR count). The number of rotatable bonds is 2. The van der Waals surface area contributed by atoms with Crippen molar-refractivity contribution in [1.29, 1.82) is 0 Å². The molecule has 2 heteroatoms. The molecule has 0 amide bonds. The summed E-state index contributed by atoms with van der Waals surface area (Å²) >= 11 is 1.90. The fraction of sp³-hybridized carbons (Fsp3) is 0.304. The quantitative estimate of drug-likeness (QED) is 0.508. The van der Waals surface area contributed by atoms with E-state index in [9.17, 15) is 0 Å². The number of hydrogen-bond donors (Lipinski definition) is 1. The normalized spacial score (nSPS) is 15.4. The molecule has 1 N–H and O–H groups in total. The minimum absolute atomic E-state index is 0.192. The summed E-state index contributed by atoms with van der Waals surface area (Å²) in [5.41, 5.74) is 5.57. The zero-order valence-electron chi connectivity index (χ0n) is 15.4. The standard InChI is InChI=1S/C23H25NS/c1-15-9-7-10-16-17-11-8-14-20(22(17)25-21(15)16)24-19-13-6-5-12-18(19)23(2,3)4/h6-11,13-14,24H,5,12H2,1-4H3. The first kappa shape index (κ1) is 16.4. The highest BCUT2D eigenvalue weighted by Gasteiger charge is 2.22. The summed E-state index contributed by atoms with van der Waals surface area (Å²) < 4.78 is 2.75. The Balaban J connectivity index is 1.87. The summed E-state index contributed by atoms with van der Waals surface area (Å²) in [6.45, 7) is 9.14. The van der Waals surface area contributed by atoms with E-state index in [1.54, 1.807) is 0 Å². The van der Waals surface area contributed by atoms with Crippen molar-refractivity contribution in [1.82, 2.24) is 0 Å². The van der Waals surface area contributed by atoms with Crippen LogP contribution in [0.25, 0.3) is 20.2 Å². The Morgan fingerprint density at radius 1 is 0.960 bits per heavy atom. The molecule has 0 bridgehead atoms. The fourth-order valence-corrected chi connectivity index (χ4v) is 5.00. The molecule has 25 heavy (non-hydrogen) atoms. The largest absolute Gasteiger partial charge is 0.354 e. The first-order valence-corrected chi connectivity index (χ1v) is 9.85. The summed E-state index contributed by atoms with van der Waals surface area (Å²) in [4.78, 5) is 0. The summed E-state index contributed by atoms with van der Waals surface area (Å²) in [5, 5.41) is 6.49. The van der Waals surface area contributed by atoms with Gasteiger partial charge >= 0.3 is 0 Å². The van der Waals surface area contributed by atoms with Crippen molar-refractivity contribution in [2.75, 3.05) is 5.32 Å². The molecule has 0 radical (unpaired) electrons. The molecule has 0 fully saturated rings. The molecule has 0 atom stereocenters. The smallest absolute Gasteiger partial charge is 0.0590 e. The highest BCUT2D eigenvalue weighted by molar-refractivity contribution is 7.26. The molecule has 1 aromatic heterocycles. The fourth-order valence-electron chi connectivity index (χ4n) is 3.76. The van der Waals surface area contributed by atoms with Crippen LogP contribution in [0.1, 0.15) is 39.2 Å². The SMILES string of the molecule is Cc1cccc2c1sc1c(NC3=C(C(C)(C)C)CCC=C3)cccc12. The topological polar surface area (TPSA) is 12.0 Å². The molecular weight excluding hydrogens is 322 g/mol. The van der Waals surface area contributed by atoms with Crippen molar-refractivity contribution in [3.05, 3.63) is 65.4 Å². The minimum Gasteiger partial charge on any atom is -0.354 e. The predicted molar refractivity (Wildman–Crippen MR) is 113 cm³/mol. The molecule has 3 aromatic rings. The lowest BCUT2D eigenvalue weighted by molar-refractivity contribution is 0.477. The van der Waals surface area contributed by atoms with Crippen molar-refractivity contribution in [2.24, 2.45) is 5.41 Å². The zero-order valence-corrected chi connectivity index (χ0v) is 16.3. The van der Waals surface area contributed by atoms with Gasteiger partial charge in [-0.15, -0.1) is 11.3 Å². The van der Waals surface area contributed by atoms with Gasteiger partial charge in [-0.1, -0.05) is 57.2 Å². The molecule has 0 unspecified atom stereocenters. The second-order valence-corrected chi connectivity index (χ2v) is 8.96. The maximum atomic E-state index is 3.76. The number of allylic oxidation sites excluding steroid dienone is 3. The van der Waals surface area contributed by atoms with Crippen LogP contribution in [0.4, 0.5) is 5.69 Å². The zero-order chi connectivity index (χ0) is 17.6. The predicted octanol–water partition coefficient (Wildman–Crippen LogP) is 7.43. The monoisotopic (exact) mass is 347 g/mol. The van der Waals surface area contributed by atoms with Gasteiger partial charge in [-0.05, 0) is 48.5 Å². The van der Waals surface area contributed by atoms with Crippen molar-refractivity contribution in [2.45, 2.75) is 40.5 Å². The van der Waals surface area contributed by atoms with Crippen molar-refractivity contribution in [3.63, 3.8) is 0 Å². The van der Waals surface area contributed by atoms with Crippen LogP contribution in [0, 0.1) is 12.3 Å². The van der Waals surface area contributed by atoms with Crippen LogP contribution in [0.2, 0.25) is 0 Å². The third-order valence-electron chi connectivity index (χ3n) is 5.07. The molecular formula is C23H25NS. The summed E-state index contributed by atoms with van der Waals surface area (Å²) in [7, 11) is 0. The second kappa shape index (κ2) is 6.03.